The monoisotopic (exact) mass is 382 g/mol. The predicted octanol–water partition coefficient (Wildman–Crippen LogP) is 6.49. The summed E-state index contributed by atoms with van der Waals surface area (Å²) in [4.78, 5) is 12.0. The maximum atomic E-state index is 12.0. The molecule has 4 bridgehead atoms. The van der Waals surface area contributed by atoms with Crippen LogP contribution in [0.3, 0.4) is 0 Å². The number of rotatable bonds is 3. The van der Waals surface area contributed by atoms with Gasteiger partial charge in [0.25, 0.3) is 0 Å². The molecule has 1 N–H and O–H groups in total. The van der Waals surface area contributed by atoms with Crippen LogP contribution in [0.4, 0.5) is 0 Å². The Morgan fingerprint density at radius 2 is 1.34 bits per heavy atom. The number of carbonyl (C=O) groups excluding carboxylic acids is 1. The lowest BCUT2D eigenvalue weighted by Gasteiger charge is -2.57. The maximum Gasteiger partial charge on any atom is 0.150 e. The topological polar surface area (TPSA) is 37.3 Å². The fourth-order valence-corrected chi connectivity index (χ4v) is 7.15. The second-order valence-electron chi connectivity index (χ2n) is 9.86. The molecule has 4 aliphatic rings. The Bertz CT molecular complexity index is 1090. The van der Waals surface area contributed by atoms with Crippen molar-refractivity contribution in [2.45, 2.75) is 43.9 Å². The minimum absolute atomic E-state index is 0.212. The fourth-order valence-electron chi connectivity index (χ4n) is 7.15. The quantitative estimate of drug-likeness (QED) is 0.526. The fraction of sp³-hybridized carbons (Fsp3) is 0.370. The number of aldehydes is 1. The SMILES string of the molecule is O=Cc1ccc(-c2ccc3cc(O)ccc3c2)cc1C12CC3CC(CC(C3)C1)C2. The van der Waals surface area contributed by atoms with Gasteiger partial charge in [0.15, 0.2) is 0 Å². The summed E-state index contributed by atoms with van der Waals surface area (Å²) in [6, 6.07) is 18.3. The van der Waals surface area contributed by atoms with Crippen molar-refractivity contribution >= 4 is 17.1 Å². The first-order chi connectivity index (χ1) is 14.1. The molecule has 3 aromatic rings. The van der Waals surface area contributed by atoms with Crippen LogP contribution in [0.2, 0.25) is 0 Å². The molecule has 0 spiro atoms. The third kappa shape index (κ3) is 2.73. The third-order valence-electron chi connectivity index (χ3n) is 7.95. The number of aromatic hydroxyl groups is 1. The summed E-state index contributed by atoms with van der Waals surface area (Å²) < 4.78 is 0. The number of phenols is 1. The van der Waals surface area contributed by atoms with E-state index in [0.717, 1.165) is 40.4 Å². The van der Waals surface area contributed by atoms with Gasteiger partial charge in [0, 0.05) is 5.56 Å². The van der Waals surface area contributed by atoms with E-state index in [1.165, 1.54) is 55.2 Å². The van der Waals surface area contributed by atoms with Gasteiger partial charge in [0.2, 0.25) is 0 Å². The third-order valence-corrected chi connectivity index (χ3v) is 7.95. The van der Waals surface area contributed by atoms with Crippen molar-refractivity contribution in [1.29, 1.82) is 0 Å². The number of carbonyl (C=O) groups is 1. The molecule has 0 aliphatic heterocycles. The molecule has 0 saturated heterocycles. The molecule has 0 radical (unpaired) electrons. The van der Waals surface area contributed by atoms with E-state index in [4.69, 9.17) is 0 Å². The van der Waals surface area contributed by atoms with E-state index in [1.807, 2.05) is 12.1 Å². The molecule has 7 rings (SSSR count). The van der Waals surface area contributed by atoms with Crippen LogP contribution in [-0.4, -0.2) is 11.4 Å². The smallest absolute Gasteiger partial charge is 0.150 e. The summed E-state index contributed by atoms with van der Waals surface area (Å²) >= 11 is 0. The van der Waals surface area contributed by atoms with Gasteiger partial charge in [-0.25, -0.2) is 0 Å². The number of fused-ring (bicyclic) bond motifs is 1. The van der Waals surface area contributed by atoms with Crippen LogP contribution in [0, 0.1) is 17.8 Å². The van der Waals surface area contributed by atoms with E-state index < -0.39 is 0 Å². The first-order valence-corrected chi connectivity index (χ1v) is 10.9. The van der Waals surface area contributed by atoms with Crippen molar-refractivity contribution < 1.29 is 9.90 Å². The molecule has 2 nitrogen and oxygen atoms in total. The van der Waals surface area contributed by atoms with Gasteiger partial charge in [-0.15, -0.1) is 0 Å². The Kier molecular flexibility index (Phi) is 3.69. The molecule has 4 fully saturated rings. The van der Waals surface area contributed by atoms with Gasteiger partial charge in [-0.1, -0.05) is 30.3 Å². The van der Waals surface area contributed by atoms with Crippen molar-refractivity contribution in [2.24, 2.45) is 17.8 Å². The molecule has 0 atom stereocenters. The highest BCUT2D eigenvalue weighted by molar-refractivity contribution is 5.89. The summed E-state index contributed by atoms with van der Waals surface area (Å²) in [6.07, 6.45) is 9.09. The lowest BCUT2D eigenvalue weighted by atomic mass is 9.47. The Morgan fingerprint density at radius 1 is 0.759 bits per heavy atom. The lowest BCUT2D eigenvalue weighted by molar-refractivity contribution is -0.00541. The molecule has 2 heteroatoms. The van der Waals surface area contributed by atoms with Crippen LogP contribution >= 0.6 is 0 Å². The highest BCUT2D eigenvalue weighted by Gasteiger charge is 2.52. The van der Waals surface area contributed by atoms with Crippen LogP contribution in [0.1, 0.15) is 54.4 Å². The highest BCUT2D eigenvalue weighted by Crippen LogP contribution is 2.61. The molecular weight excluding hydrogens is 356 g/mol. The van der Waals surface area contributed by atoms with E-state index in [0.29, 0.717) is 5.75 Å². The summed E-state index contributed by atoms with van der Waals surface area (Å²) in [7, 11) is 0. The van der Waals surface area contributed by atoms with E-state index >= 15 is 0 Å². The van der Waals surface area contributed by atoms with E-state index in [9.17, 15) is 9.90 Å². The standard InChI is InChI=1S/C27H26O2/c28-16-24-4-3-23(20-1-2-22-11-25(29)6-5-21(22)10-20)12-26(24)27-13-17-7-18(14-27)9-19(8-17)15-27/h1-6,10-12,16-19,29H,7-9,13-15H2. The van der Waals surface area contributed by atoms with Crippen molar-refractivity contribution in [3.63, 3.8) is 0 Å². The largest absolute Gasteiger partial charge is 0.508 e. The van der Waals surface area contributed by atoms with Crippen LogP contribution in [0.5, 0.6) is 5.75 Å². The molecule has 146 valence electrons. The zero-order valence-electron chi connectivity index (χ0n) is 16.6. The second-order valence-corrected chi connectivity index (χ2v) is 9.86. The molecule has 29 heavy (non-hydrogen) atoms. The lowest BCUT2D eigenvalue weighted by Crippen LogP contribution is -2.48. The zero-order chi connectivity index (χ0) is 19.6. The van der Waals surface area contributed by atoms with Crippen LogP contribution in [0.25, 0.3) is 21.9 Å². The van der Waals surface area contributed by atoms with E-state index in [2.05, 4.69) is 30.3 Å². The summed E-state index contributed by atoms with van der Waals surface area (Å²) in [5.41, 5.74) is 4.77. The maximum absolute atomic E-state index is 12.0. The Labute approximate surface area is 171 Å². The van der Waals surface area contributed by atoms with E-state index in [-0.39, 0.29) is 5.41 Å². The number of hydrogen-bond acceptors (Lipinski definition) is 2. The number of benzene rings is 3. The summed E-state index contributed by atoms with van der Waals surface area (Å²) in [5, 5.41) is 11.9. The van der Waals surface area contributed by atoms with Crippen LogP contribution in [0.15, 0.2) is 54.6 Å². The Morgan fingerprint density at radius 3 is 2.03 bits per heavy atom. The predicted molar refractivity (Wildman–Crippen MR) is 116 cm³/mol. The minimum atomic E-state index is 0.212. The minimum Gasteiger partial charge on any atom is -0.508 e. The summed E-state index contributed by atoms with van der Waals surface area (Å²) in [5.74, 6) is 2.87. The Balaban J connectivity index is 1.46. The Hall–Kier alpha value is -2.61. The van der Waals surface area contributed by atoms with Crippen molar-refractivity contribution in [1.82, 2.24) is 0 Å². The van der Waals surface area contributed by atoms with Crippen LogP contribution in [-0.2, 0) is 5.41 Å². The highest BCUT2D eigenvalue weighted by atomic mass is 16.3. The first kappa shape index (κ1) is 17.3. The number of phenolic OH excluding ortho intramolecular Hbond substituents is 1. The van der Waals surface area contributed by atoms with Gasteiger partial charge in [0.1, 0.15) is 12.0 Å². The normalized spacial score (nSPS) is 30.0. The molecule has 0 unspecified atom stereocenters. The number of hydrogen-bond donors (Lipinski definition) is 1. The van der Waals surface area contributed by atoms with Gasteiger partial charge in [-0.05, 0) is 113 Å². The van der Waals surface area contributed by atoms with Gasteiger partial charge in [-0.2, -0.15) is 0 Å². The van der Waals surface area contributed by atoms with Gasteiger partial charge in [0.05, 0.1) is 0 Å². The van der Waals surface area contributed by atoms with Crippen molar-refractivity contribution in [3.8, 4) is 16.9 Å². The molecule has 0 heterocycles. The van der Waals surface area contributed by atoms with Gasteiger partial charge >= 0.3 is 0 Å². The molecule has 4 aliphatic carbocycles. The van der Waals surface area contributed by atoms with Gasteiger partial charge < -0.3 is 5.11 Å². The zero-order valence-corrected chi connectivity index (χ0v) is 16.6. The van der Waals surface area contributed by atoms with Crippen molar-refractivity contribution in [3.05, 3.63) is 65.7 Å². The molecular formula is C27H26O2. The average Bonchev–Trinajstić information content (AvgIpc) is 2.72. The average molecular weight is 383 g/mol. The first-order valence-electron chi connectivity index (χ1n) is 10.9. The summed E-state index contributed by atoms with van der Waals surface area (Å²) in [6.45, 7) is 0. The van der Waals surface area contributed by atoms with Crippen LogP contribution < -0.4 is 0 Å². The molecule has 3 aromatic carbocycles. The second kappa shape index (κ2) is 6.19. The van der Waals surface area contributed by atoms with E-state index in [1.54, 1.807) is 12.1 Å². The van der Waals surface area contributed by atoms with Crippen molar-refractivity contribution in [2.75, 3.05) is 0 Å². The molecule has 0 amide bonds. The molecule has 4 saturated carbocycles. The van der Waals surface area contributed by atoms with Gasteiger partial charge in [-0.3, -0.25) is 4.79 Å². The molecule has 0 aromatic heterocycles.